The molecule has 1 atom stereocenters. The lowest BCUT2D eigenvalue weighted by Crippen LogP contribution is -2.26. The molecule has 0 bridgehead atoms. The Balaban J connectivity index is 1.79. The van der Waals surface area contributed by atoms with Crippen LogP contribution in [0.1, 0.15) is 45.6 Å². The number of anilines is 1. The number of carbonyl (C=O) groups is 3. The normalized spacial score (nSPS) is 11.3. The van der Waals surface area contributed by atoms with Crippen LogP contribution in [0.25, 0.3) is 0 Å². The van der Waals surface area contributed by atoms with E-state index < -0.39 is 18.0 Å². The molecule has 0 aliphatic carbocycles. The molecule has 3 rings (SSSR count). The molecule has 0 aliphatic rings. The summed E-state index contributed by atoms with van der Waals surface area (Å²) in [6, 6.07) is 21.4. The average molecular weight is 431 g/mol. The average Bonchev–Trinajstić information content (AvgIpc) is 2.79. The van der Waals surface area contributed by atoms with Crippen LogP contribution in [-0.4, -0.2) is 17.8 Å². The van der Waals surface area contributed by atoms with E-state index in [0.717, 1.165) is 16.7 Å². The first-order valence-corrected chi connectivity index (χ1v) is 10.3. The number of amides is 2. The maximum Gasteiger partial charge on any atom is 0.339 e. The SMILES string of the molecule is CC(=O)NCc1ccc(C(=O)OC(C(=O)Nc2cc(C)ccc2C)c2ccccc2)cc1. The number of aryl methyl sites for hydroxylation is 2. The molecule has 0 fully saturated rings. The number of nitrogens with one attached hydrogen (secondary N) is 2. The molecule has 6 heteroatoms. The van der Waals surface area contributed by atoms with Crippen LogP contribution in [0.5, 0.6) is 0 Å². The molecule has 2 N–H and O–H groups in total. The smallest absolute Gasteiger partial charge is 0.339 e. The fourth-order valence-corrected chi connectivity index (χ4v) is 3.13. The van der Waals surface area contributed by atoms with Gasteiger partial charge in [0.1, 0.15) is 0 Å². The van der Waals surface area contributed by atoms with E-state index in [2.05, 4.69) is 10.6 Å². The van der Waals surface area contributed by atoms with Crippen molar-refractivity contribution in [3.63, 3.8) is 0 Å². The van der Waals surface area contributed by atoms with Crippen molar-refractivity contribution in [2.75, 3.05) is 5.32 Å². The number of rotatable bonds is 7. The summed E-state index contributed by atoms with van der Waals surface area (Å²) in [5.74, 6) is -1.17. The molecule has 1 unspecified atom stereocenters. The molecular formula is C26H26N2O4. The van der Waals surface area contributed by atoms with Crippen molar-refractivity contribution in [3.8, 4) is 0 Å². The molecule has 0 spiro atoms. The molecule has 3 aromatic rings. The third-order valence-corrected chi connectivity index (χ3v) is 4.95. The molecule has 2 amide bonds. The zero-order valence-electron chi connectivity index (χ0n) is 18.3. The van der Waals surface area contributed by atoms with Gasteiger partial charge < -0.3 is 15.4 Å². The summed E-state index contributed by atoms with van der Waals surface area (Å²) < 4.78 is 5.64. The molecule has 0 aliphatic heterocycles. The Kier molecular flexibility index (Phi) is 7.39. The first-order valence-electron chi connectivity index (χ1n) is 10.3. The van der Waals surface area contributed by atoms with Gasteiger partial charge in [-0.3, -0.25) is 9.59 Å². The van der Waals surface area contributed by atoms with E-state index in [1.807, 2.05) is 38.1 Å². The van der Waals surface area contributed by atoms with E-state index in [9.17, 15) is 14.4 Å². The van der Waals surface area contributed by atoms with Crippen LogP contribution in [0.3, 0.4) is 0 Å². The Hall–Kier alpha value is -3.93. The van der Waals surface area contributed by atoms with Gasteiger partial charge in [-0.05, 0) is 48.7 Å². The zero-order valence-corrected chi connectivity index (χ0v) is 18.3. The summed E-state index contributed by atoms with van der Waals surface area (Å²) >= 11 is 0. The molecule has 0 saturated heterocycles. The quantitative estimate of drug-likeness (QED) is 0.542. The Labute approximate surface area is 187 Å². The largest absolute Gasteiger partial charge is 0.444 e. The topological polar surface area (TPSA) is 84.5 Å². The number of ether oxygens (including phenoxy) is 1. The summed E-state index contributed by atoms with van der Waals surface area (Å²) in [4.78, 5) is 37.0. The predicted molar refractivity (Wildman–Crippen MR) is 123 cm³/mol. The van der Waals surface area contributed by atoms with Gasteiger partial charge in [0, 0.05) is 24.7 Å². The van der Waals surface area contributed by atoms with Crippen LogP contribution in [-0.2, 0) is 20.9 Å². The Bertz CT molecular complexity index is 1110. The fraction of sp³-hybridized carbons (Fsp3) is 0.192. The number of hydrogen-bond donors (Lipinski definition) is 2. The van der Waals surface area contributed by atoms with Gasteiger partial charge in [-0.15, -0.1) is 0 Å². The molecule has 3 aromatic carbocycles. The number of carbonyl (C=O) groups excluding carboxylic acids is 3. The van der Waals surface area contributed by atoms with E-state index in [0.29, 0.717) is 23.4 Å². The lowest BCUT2D eigenvalue weighted by atomic mass is 10.1. The van der Waals surface area contributed by atoms with Gasteiger partial charge in [-0.2, -0.15) is 0 Å². The summed E-state index contributed by atoms with van der Waals surface area (Å²) in [6.45, 7) is 5.66. The third-order valence-electron chi connectivity index (χ3n) is 4.95. The molecule has 0 radical (unpaired) electrons. The maximum atomic E-state index is 13.1. The monoisotopic (exact) mass is 430 g/mol. The van der Waals surface area contributed by atoms with Gasteiger partial charge in [0.05, 0.1) is 5.56 Å². The van der Waals surface area contributed by atoms with Crippen molar-refractivity contribution in [1.29, 1.82) is 0 Å². The predicted octanol–water partition coefficient (Wildman–Crippen LogP) is 4.48. The maximum absolute atomic E-state index is 13.1. The van der Waals surface area contributed by atoms with Crippen LogP contribution in [0, 0.1) is 13.8 Å². The summed E-state index contributed by atoms with van der Waals surface area (Å²) in [5, 5.41) is 5.59. The minimum absolute atomic E-state index is 0.131. The fourth-order valence-electron chi connectivity index (χ4n) is 3.13. The third kappa shape index (κ3) is 6.04. The molecular weight excluding hydrogens is 404 g/mol. The molecule has 32 heavy (non-hydrogen) atoms. The molecule has 0 aromatic heterocycles. The molecule has 0 saturated carbocycles. The highest BCUT2D eigenvalue weighted by Gasteiger charge is 2.26. The number of esters is 1. The minimum Gasteiger partial charge on any atom is -0.444 e. The van der Waals surface area contributed by atoms with Crippen molar-refractivity contribution in [1.82, 2.24) is 5.32 Å². The van der Waals surface area contributed by atoms with Crippen molar-refractivity contribution in [2.24, 2.45) is 0 Å². The van der Waals surface area contributed by atoms with Crippen LogP contribution >= 0.6 is 0 Å². The van der Waals surface area contributed by atoms with Gasteiger partial charge >= 0.3 is 5.97 Å². The first kappa shape index (κ1) is 22.7. The zero-order chi connectivity index (χ0) is 23.1. The molecule has 164 valence electrons. The minimum atomic E-state index is -1.11. The molecule has 0 heterocycles. The molecule has 6 nitrogen and oxygen atoms in total. The van der Waals surface area contributed by atoms with E-state index in [1.54, 1.807) is 48.5 Å². The Morgan fingerprint density at radius 3 is 2.25 bits per heavy atom. The van der Waals surface area contributed by atoms with Crippen molar-refractivity contribution in [2.45, 2.75) is 33.4 Å². The second-order valence-corrected chi connectivity index (χ2v) is 7.61. The van der Waals surface area contributed by atoms with Crippen LogP contribution < -0.4 is 10.6 Å². The van der Waals surface area contributed by atoms with Crippen LogP contribution in [0.4, 0.5) is 5.69 Å². The van der Waals surface area contributed by atoms with E-state index >= 15 is 0 Å². The summed E-state index contributed by atoms with van der Waals surface area (Å²) in [7, 11) is 0. The first-order chi connectivity index (χ1) is 15.3. The van der Waals surface area contributed by atoms with Gasteiger partial charge in [0.15, 0.2) is 0 Å². The van der Waals surface area contributed by atoms with Gasteiger partial charge in [-0.25, -0.2) is 4.79 Å². The van der Waals surface area contributed by atoms with E-state index in [4.69, 9.17) is 4.74 Å². The van der Waals surface area contributed by atoms with Crippen LogP contribution in [0.15, 0.2) is 72.8 Å². The second-order valence-electron chi connectivity index (χ2n) is 7.61. The van der Waals surface area contributed by atoms with Crippen molar-refractivity contribution in [3.05, 3.63) is 101 Å². The number of hydrogen-bond acceptors (Lipinski definition) is 4. The van der Waals surface area contributed by atoms with Gasteiger partial charge in [0.25, 0.3) is 5.91 Å². The van der Waals surface area contributed by atoms with Crippen LogP contribution in [0.2, 0.25) is 0 Å². The summed E-state index contributed by atoms with van der Waals surface area (Å²) in [5.41, 5.74) is 4.34. The Morgan fingerprint density at radius 2 is 1.59 bits per heavy atom. The van der Waals surface area contributed by atoms with Gasteiger partial charge in [-0.1, -0.05) is 54.6 Å². The highest BCUT2D eigenvalue weighted by molar-refractivity contribution is 5.98. The highest BCUT2D eigenvalue weighted by atomic mass is 16.5. The van der Waals surface area contributed by atoms with Crippen molar-refractivity contribution >= 4 is 23.5 Å². The lowest BCUT2D eigenvalue weighted by Gasteiger charge is -2.19. The standard InChI is InChI=1S/C26H26N2O4/c1-17-9-10-18(2)23(15-17)28-25(30)24(21-7-5-4-6-8-21)32-26(31)22-13-11-20(12-14-22)16-27-19(3)29/h4-15,24H,16H2,1-3H3,(H,27,29)(H,28,30). The van der Waals surface area contributed by atoms with Gasteiger partial charge in [0.2, 0.25) is 12.0 Å². The number of benzene rings is 3. The summed E-state index contributed by atoms with van der Waals surface area (Å²) in [6.07, 6.45) is -1.11. The van der Waals surface area contributed by atoms with E-state index in [-0.39, 0.29) is 5.91 Å². The van der Waals surface area contributed by atoms with E-state index in [1.165, 1.54) is 6.92 Å². The van der Waals surface area contributed by atoms with Crippen molar-refractivity contribution < 1.29 is 19.1 Å². The second kappa shape index (κ2) is 10.4. The highest BCUT2D eigenvalue weighted by Crippen LogP contribution is 2.24. The lowest BCUT2D eigenvalue weighted by molar-refractivity contribution is -0.125. The Morgan fingerprint density at radius 1 is 0.906 bits per heavy atom.